The maximum absolute atomic E-state index is 12.5. The second-order valence-corrected chi connectivity index (χ2v) is 8.52. The highest BCUT2D eigenvalue weighted by Crippen LogP contribution is 2.38. The van der Waals surface area contributed by atoms with Crippen LogP contribution in [0.1, 0.15) is 37.1 Å². The van der Waals surface area contributed by atoms with Gasteiger partial charge < -0.3 is 4.90 Å². The molecular formula is C20H23N3O3S. The minimum absolute atomic E-state index is 0.0775. The molecule has 2 fully saturated rings. The molecule has 2 aliphatic rings. The Balaban J connectivity index is 1.34. The summed E-state index contributed by atoms with van der Waals surface area (Å²) in [4.78, 5) is 45.0. The number of fused-ring (bicyclic) bond motifs is 2. The Hall–Kier alpha value is -2.28. The number of imide groups is 1. The van der Waals surface area contributed by atoms with E-state index < -0.39 is 0 Å². The van der Waals surface area contributed by atoms with Crippen molar-refractivity contribution in [3.63, 3.8) is 0 Å². The first-order valence-electron chi connectivity index (χ1n) is 9.48. The fourth-order valence-electron chi connectivity index (χ4n) is 4.13. The maximum Gasteiger partial charge on any atom is 0.233 e. The summed E-state index contributed by atoms with van der Waals surface area (Å²) < 4.78 is 1.10. The molecule has 142 valence electrons. The summed E-state index contributed by atoms with van der Waals surface area (Å²) >= 11 is 1.58. The number of carbonyl (C=O) groups excluding carboxylic acids is 3. The van der Waals surface area contributed by atoms with Crippen LogP contribution >= 0.6 is 11.3 Å². The van der Waals surface area contributed by atoms with Crippen LogP contribution in [0.3, 0.4) is 0 Å². The average molecular weight is 385 g/mol. The molecule has 2 heterocycles. The van der Waals surface area contributed by atoms with Gasteiger partial charge in [-0.1, -0.05) is 25.0 Å². The van der Waals surface area contributed by atoms with Gasteiger partial charge in [-0.25, -0.2) is 4.98 Å². The Morgan fingerprint density at radius 1 is 1.19 bits per heavy atom. The van der Waals surface area contributed by atoms with Gasteiger partial charge in [0.2, 0.25) is 17.7 Å². The van der Waals surface area contributed by atoms with Gasteiger partial charge in [0, 0.05) is 20.0 Å². The molecule has 1 aliphatic heterocycles. The molecule has 6 nitrogen and oxygen atoms in total. The van der Waals surface area contributed by atoms with Crippen molar-refractivity contribution < 1.29 is 14.4 Å². The molecule has 0 unspecified atom stereocenters. The number of nitrogens with zero attached hydrogens (tertiary/aromatic N) is 3. The number of carbonyl (C=O) groups is 3. The van der Waals surface area contributed by atoms with Crippen LogP contribution in [0.4, 0.5) is 0 Å². The highest BCUT2D eigenvalue weighted by atomic mass is 32.1. The van der Waals surface area contributed by atoms with E-state index in [0.717, 1.165) is 40.9 Å². The van der Waals surface area contributed by atoms with Crippen molar-refractivity contribution in [1.29, 1.82) is 0 Å². The topological polar surface area (TPSA) is 70.6 Å². The van der Waals surface area contributed by atoms with Crippen molar-refractivity contribution in [1.82, 2.24) is 14.8 Å². The van der Waals surface area contributed by atoms with Gasteiger partial charge in [-0.05, 0) is 25.0 Å². The zero-order chi connectivity index (χ0) is 19.0. The summed E-state index contributed by atoms with van der Waals surface area (Å²) in [7, 11) is 1.74. The first-order chi connectivity index (χ1) is 13.0. The number of likely N-dealkylation sites (tertiary alicyclic amines) is 1. The zero-order valence-corrected chi connectivity index (χ0v) is 16.2. The monoisotopic (exact) mass is 385 g/mol. The van der Waals surface area contributed by atoms with E-state index in [0.29, 0.717) is 6.54 Å². The van der Waals surface area contributed by atoms with E-state index in [-0.39, 0.29) is 42.5 Å². The SMILES string of the molecule is CN(Cc1nc2ccccc2s1)C(=O)CCN1C(=O)[C@H]2CCCC[C@H]2C1=O. The molecule has 3 amide bonds. The summed E-state index contributed by atoms with van der Waals surface area (Å²) in [6.07, 6.45) is 3.79. The van der Waals surface area contributed by atoms with Crippen molar-refractivity contribution >= 4 is 39.3 Å². The minimum Gasteiger partial charge on any atom is -0.339 e. The predicted molar refractivity (Wildman–Crippen MR) is 103 cm³/mol. The van der Waals surface area contributed by atoms with Crippen molar-refractivity contribution in [2.24, 2.45) is 11.8 Å². The fourth-order valence-corrected chi connectivity index (χ4v) is 5.15. The number of aromatic nitrogens is 1. The van der Waals surface area contributed by atoms with Crippen LogP contribution in [-0.4, -0.2) is 46.1 Å². The largest absolute Gasteiger partial charge is 0.339 e. The van der Waals surface area contributed by atoms with Crippen molar-refractivity contribution in [2.75, 3.05) is 13.6 Å². The van der Waals surface area contributed by atoms with E-state index in [1.165, 1.54) is 4.90 Å². The molecule has 0 bridgehead atoms. The van der Waals surface area contributed by atoms with Crippen LogP contribution in [0.25, 0.3) is 10.2 Å². The standard InChI is InChI=1S/C20H23N3O3S/c1-22(12-17-21-15-8-4-5-9-16(15)27-17)18(24)10-11-23-19(25)13-6-2-3-7-14(13)20(23)26/h4-5,8-9,13-14H,2-3,6-7,10-12H2,1H3/t13-,14+. The van der Waals surface area contributed by atoms with Crippen molar-refractivity contribution in [3.8, 4) is 0 Å². The highest BCUT2D eigenvalue weighted by molar-refractivity contribution is 7.18. The molecule has 4 rings (SSSR count). The van der Waals surface area contributed by atoms with Crippen molar-refractivity contribution in [3.05, 3.63) is 29.3 Å². The van der Waals surface area contributed by atoms with E-state index in [1.54, 1.807) is 23.3 Å². The summed E-state index contributed by atoms with van der Waals surface area (Å²) in [6, 6.07) is 7.90. The smallest absolute Gasteiger partial charge is 0.233 e. The zero-order valence-electron chi connectivity index (χ0n) is 15.4. The second kappa shape index (κ2) is 7.38. The Morgan fingerprint density at radius 3 is 2.52 bits per heavy atom. The Morgan fingerprint density at radius 2 is 1.85 bits per heavy atom. The lowest BCUT2D eigenvalue weighted by molar-refractivity contribution is -0.140. The van der Waals surface area contributed by atoms with Crippen LogP contribution in [-0.2, 0) is 20.9 Å². The number of hydrogen-bond donors (Lipinski definition) is 0. The molecule has 1 saturated carbocycles. The third kappa shape index (κ3) is 3.48. The van der Waals surface area contributed by atoms with E-state index in [9.17, 15) is 14.4 Å². The Kier molecular flexibility index (Phi) is 4.95. The summed E-state index contributed by atoms with van der Waals surface area (Å²) in [5.41, 5.74) is 0.939. The molecule has 27 heavy (non-hydrogen) atoms. The van der Waals surface area contributed by atoms with Gasteiger partial charge in [-0.15, -0.1) is 11.3 Å². The lowest BCUT2D eigenvalue weighted by atomic mass is 9.81. The summed E-state index contributed by atoms with van der Waals surface area (Å²) in [6.45, 7) is 0.624. The molecule has 0 radical (unpaired) electrons. The van der Waals surface area contributed by atoms with Crippen LogP contribution in [0, 0.1) is 11.8 Å². The average Bonchev–Trinajstić information content (AvgIpc) is 3.19. The third-order valence-electron chi connectivity index (χ3n) is 5.62. The number of para-hydroxylation sites is 1. The quantitative estimate of drug-likeness (QED) is 0.742. The Labute approximate surface area is 162 Å². The van der Waals surface area contributed by atoms with Crippen LogP contribution in [0.15, 0.2) is 24.3 Å². The maximum atomic E-state index is 12.5. The first kappa shape index (κ1) is 18.1. The third-order valence-corrected chi connectivity index (χ3v) is 6.64. The number of rotatable bonds is 5. The molecule has 0 spiro atoms. The molecule has 2 atom stereocenters. The highest BCUT2D eigenvalue weighted by Gasteiger charge is 2.47. The summed E-state index contributed by atoms with van der Waals surface area (Å²) in [5, 5.41) is 0.881. The molecule has 1 saturated heterocycles. The van der Waals surface area contributed by atoms with Gasteiger partial charge in [0.1, 0.15) is 5.01 Å². The predicted octanol–water partition coefficient (Wildman–Crippen LogP) is 2.82. The second-order valence-electron chi connectivity index (χ2n) is 7.40. The molecular weight excluding hydrogens is 362 g/mol. The van der Waals surface area contributed by atoms with E-state index in [4.69, 9.17) is 0 Å². The van der Waals surface area contributed by atoms with E-state index >= 15 is 0 Å². The fraction of sp³-hybridized carbons (Fsp3) is 0.500. The van der Waals surface area contributed by atoms with Crippen LogP contribution in [0.2, 0.25) is 0 Å². The van der Waals surface area contributed by atoms with Crippen LogP contribution in [0.5, 0.6) is 0 Å². The number of thiazole rings is 1. The van der Waals surface area contributed by atoms with E-state index in [2.05, 4.69) is 4.98 Å². The van der Waals surface area contributed by atoms with Crippen molar-refractivity contribution in [2.45, 2.75) is 38.6 Å². The lowest BCUT2D eigenvalue weighted by Crippen LogP contribution is -2.36. The van der Waals surface area contributed by atoms with Gasteiger partial charge in [0.15, 0.2) is 0 Å². The lowest BCUT2D eigenvalue weighted by Gasteiger charge is -2.19. The van der Waals surface area contributed by atoms with Gasteiger partial charge in [-0.3, -0.25) is 19.3 Å². The number of benzene rings is 1. The first-order valence-corrected chi connectivity index (χ1v) is 10.3. The Bertz CT molecular complexity index is 836. The molecule has 7 heteroatoms. The van der Waals surface area contributed by atoms with Gasteiger partial charge >= 0.3 is 0 Å². The normalized spacial score (nSPS) is 22.3. The molecule has 0 N–H and O–H groups in total. The minimum atomic E-state index is -0.151. The van der Waals surface area contributed by atoms with E-state index in [1.807, 2.05) is 24.3 Å². The van der Waals surface area contributed by atoms with Gasteiger partial charge in [0.25, 0.3) is 0 Å². The molecule has 1 aromatic carbocycles. The number of amides is 3. The van der Waals surface area contributed by atoms with Crippen LogP contribution < -0.4 is 0 Å². The molecule has 2 aromatic rings. The van der Waals surface area contributed by atoms with Gasteiger partial charge in [-0.2, -0.15) is 0 Å². The molecule has 1 aliphatic carbocycles. The number of hydrogen-bond acceptors (Lipinski definition) is 5. The van der Waals surface area contributed by atoms with Gasteiger partial charge in [0.05, 0.1) is 28.6 Å². The molecule has 1 aromatic heterocycles. The summed E-state index contributed by atoms with van der Waals surface area (Å²) in [5.74, 6) is -0.536.